The Kier molecular flexibility index (Phi) is 2.05. The molecule has 0 unspecified atom stereocenters. The first-order valence-corrected chi connectivity index (χ1v) is 1.63. The minimum Gasteiger partial charge on any atom is -0.545 e. The SMILES string of the molecule is C=C(CF)C(=O)[O-]. The van der Waals surface area contributed by atoms with Gasteiger partial charge in [0.15, 0.2) is 0 Å². The van der Waals surface area contributed by atoms with E-state index in [1.807, 2.05) is 0 Å². The van der Waals surface area contributed by atoms with Gasteiger partial charge in [-0.05, 0) is 5.57 Å². The van der Waals surface area contributed by atoms with Crippen molar-refractivity contribution < 1.29 is 14.3 Å². The summed E-state index contributed by atoms with van der Waals surface area (Å²) in [5.41, 5.74) is -0.514. The lowest BCUT2D eigenvalue weighted by atomic mass is 10.3. The number of carbonyl (C=O) groups excluding carboxylic acids is 1. The van der Waals surface area contributed by atoms with Gasteiger partial charge in [-0.1, -0.05) is 6.58 Å². The molecular formula is C4H4FO2-. The van der Waals surface area contributed by atoms with Gasteiger partial charge in [-0.2, -0.15) is 0 Å². The summed E-state index contributed by atoms with van der Waals surface area (Å²) in [4.78, 5) is 9.48. The first-order valence-electron chi connectivity index (χ1n) is 1.63. The number of hydrogen-bond acceptors (Lipinski definition) is 2. The Bertz CT molecular complexity index is 97.9. The Morgan fingerprint density at radius 2 is 2.29 bits per heavy atom. The van der Waals surface area contributed by atoms with Crippen LogP contribution in [0.5, 0.6) is 0 Å². The molecule has 0 radical (unpaired) electrons. The number of carboxylic acids is 1. The van der Waals surface area contributed by atoms with Crippen molar-refractivity contribution in [2.75, 3.05) is 6.67 Å². The highest BCUT2D eigenvalue weighted by atomic mass is 19.1. The summed E-state index contributed by atoms with van der Waals surface area (Å²) < 4.78 is 11.1. The number of carboxylic acid groups (broad SMARTS) is 1. The van der Waals surface area contributed by atoms with Gasteiger partial charge >= 0.3 is 0 Å². The second-order valence-corrected chi connectivity index (χ2v) is 1.02. The molecule has 0 aliphatic rings. The van der Waals surface area contributed by atoms with Gasteiger partial charge in [-0.25, -0.2) is 4.39 Å². The van der Waals surface area contributed by atoms with Crippen molar-refractivity contribution in [2.24, 2.45) is 0 Å². The minimum atomic E-state index is -1.53. The van der Waals surface area contributed by atoms with Crippen LogP contribution in [0.3, 0.4) is 0 Å². The van der Waals surface area contributed by atoms with Gasteiger partial charge in [0.25, 0.3) is 0 Å². The molecule has 0 N–H and O–H groups in total. The van der Waals surface area contributed by atoms with Crippen LogP contribution < -0.4 is 5.11 Å². The third-order valence-electron chi connectivity index (χ3n) is 0.450. The largest absolute Gasteiger partial charge is 0.545 e. The van der Waals surface area contributed by atoms with Crippen LogP contribution in [0.1, 0.15) is 0 Å². The summed E-state index contributed by atoms with van der Waals surface area (Å²) in [5, 5.41) is 9.48. The predicted molar refractivity (Wildman–Crippen MR) is 20.1 cm³/mol. The van der Waals surface area contributed by atoms with E-state index in [0.29, 0.717) is 0 Å². The molecule has 0 aliphatic carbocycles. The highest BCUT2D eigenvalue weighted by molar-refractivity contribution is 5.83. The van der Waals surface area contributed by atoms with Crippen molar-refractivity contribution in [3.8, 4) is 0 Å². The van der Waals surface area contributed by atoms with Crippen molar-refractivity contribution >= 4 is 5.97 Å². The molecule has 3 heteroatoms. The quantitative estimate of drug-likeness (QED) is 0.432. The molecular weight excluding hydrogens is 99.0 g/mol. The average Bonchev–Trinajstić information content (AvgIpc) is 1.65. The Morgan fingerprint density at radius 3 is 2.29 bits per heavy atom. The molecule has 0 aromatic rings. The molecule has 0 aromatic heterocycles. The molecule has 0 aliphatic heterocycles. The van der Waals surface area contributed by atoms with E-state index in [1.165, 1.54) is 0 Å². The van der Waals surface area contributed by atoms with Gasteiger partial charge in [0.2, 0.25) is 0 Å². The van der Waals surface area contributed by atoms with E-state index in [-0.39, 0.29) is 0 Å². The van der Waals surface area contributed by atoms with Gasteiger partial charge in [0, 0.05) is 0 Å². The lowest BCUT2D eigenvalue weighted by Crippen LogP contribution is -2.24. The zero-order valence-corrected chi connectivity index (χ0v) is 3.61. The molecule has 0 saturated heterocycles. The van der Waals surface area contributed by atoms with Crippen LogP contribution in [0.2, 0.25) is 0 Å². The number of alkyl halides is 1. The van der Waals surface area contributed by atoms with Gasteiger partial charge in [0.1, 0.15) is 6.67 Å². The third kappa shape index (κ3) is 1.92. The standard InChI is InChI=1S/C4H5FO2/c1-3(2-5)4(6)7/h1-2H2,(H,6,7)/p-1. The molecule has 0 spiro atoms. The van der Waals surface area contributed by atoms with Gasteiger partial charge < -0.3 is 9.90 Å². The van der Waals surface area contributed by atoms with E-state index in [0.717, 1.165) is 0 Å². The molecule has 40 valence electrons. The second-order valence-electron chi connectivity index (χ2n) is 1.02. The maximum Gasteiger partial charge on any atom is 0.116 e. The van der Waals surface area contributed by atoms with Gasteiger partial charge in [-0.3, -0.25) is 0 Å². The fourth-order valence-electron chi connectivity index (χ4n) is 0.0546. The maximum atomic E-state index is 11.1. The summed E-state index contributed by atoms with van der Waals surface area (Å²) in [5.74, 6) is -1.53. The molecule has 0 heterocycles. The van der Waals surface area contributed by atoms with E-state index in [1.54, 1.807) is 0 Å². The second kappa shape index (κ2) is 2.34. The molecule has 7 heavy (non-hydrogen) atoms. The van der Waals surface area contributed by atoms with E-state index in [2.05, 4.69) is 6.58 Å². The van der Waals surface area contributed by atoms with E-state index in [9.17, 15) is 14.3 Å². The van der Waals surface area contributed by atoms with Crippen LogP contribution >= 0.6 is 0 Å². The van der Waals surface area contributed by atoms with Gasteiger partial charge in [-0.15, -0.1) is 0 Å². The predicted octanol–water partition coefficient (Wildman–Crippen LogP) is -0.738. The molecule has 0 amide bonds. The topological polar surface area (TPSA) is 40.1 Å². The minimum absolute atomic E-state index is 0.514. The molecule has 0 aromatic carbocycles. The normalized spacial score (nSPS) is 8.14. The van der Waals surface area contributed by atoms with Crippen molar-refractivity contribution in [3.63, 3.8) is 0 Å². The van der Waals surface area contributed by atoms with Crippen LogP contribution in [0, 0.1) is 0 Å². The van der Waals surface area contributed by atoms with Crippen molar-refractivity contribution in [2.45, 2.75) is 0 Å². The molecule has 0 fully saturated rings. The highest BCUT2D eigenvalue weighted by Crippen LogP contribution is 1.84. The van der Waals surface area contributed by atoms with E-state index >= 15 is 0 Å². The lowest BCUT2D eigenvalue weighted by molar-refractivity contribution is -0.299. The summed E-state index contributed by atoms with van der Waals surface area (Å²) in [6.07, 6.45) is 0. The summed E-state index contributed by atoms with van der Waals surface area (Å²) in [7, 11) is 0. The smallest absolute Gasteiger partial charge is 0.116 e. The number of rotatable bonds is 2. The summed E-state index contributed by atoms with van der Waals surface area (Å²) in [6, 6.07) is 0. The van der Waals surface area contributed by atoms with Crippen LogP contribution in [0.15, 0.2) is 12.2 Å². The monoisotopic (exact) mass is 103 g/mol. The summed E-state index contributed by atoms with van der Waals surface area (Å²) >= 11 is 0. The Labute approximate surface area is 40.3 Å². The number of hydrogen-bond donors (Lipinski definition) is 0. The molecule has 0 rings (SSSR count). The molecule has 2 nitrogen and oxygen atoms in total. The van der Waals surface area contributed by atoms with E-state index < -0.39 is 18.2 Å². The van der Waals surface area contributed by atoms with E-state index in [4.69, 9.17) is 0 Å². The Hall–Kier alpha value is -0.860. The number of carbonyl (C=O) groups is 1. The summed E-state index contributed by atoms with van der Waals surface area (Å²) in [6.45, 7) is 1.80. The fourth-order valence-corrected chi connectivity index (χ4v) is 0.0546. The first-order chi connectivity index (χ1) is 3.18. The number of halogens is 1. The van der Waals surface area contributed by atoms with Crippen molar-refractivity contribution in [3.05, 3.63) is 12.2 Å². The van der Waals surface area contributed by atoms with Crippen molar-refractivity contribution in [1.82, 2.24) is 0 Å². The Morgan fingerprint density at radius 1 is 1.86 bits per heavy atom. The zero-order chi connectivity index (χ0) is 5.86. The highest BCUT2D eigenvalue weighted by Gasteiger charge is 1.88. The average molecular weight is 103 g/mol. The maximum absolute atomic E-state index is 11.1. The molecule has 0 bridgehead atoms. The van der Waals surface area contributed by atoms with Gasteiger partial charge in [0.05, 0.1) is 5.97 Å². The van der Waals surface area contributed by atoms with Crippen LogP contribution in [-0.2, 0) is 4.79 Å². The zero-order valence-electron chi connectivity index (χ0n) is 3.61. The van der Waals surface area contributed by atoms with Crippen LogP contribution in [0.4, 0.5) is 4.39 Å². The van der Waals surface area contributed by atoms with Crippen molar-refractivity contribution in [1.29, 1.82) is 0 Å². The lowest BCUT2D eigenvalue weighted by Gasteiger charge is -1.96. The number of aliphatic carboxylic acids is 1. The van der Waals surface area contributed by atoms with Crippen LogP contribution in [-0.4, -0.2) is 12.6 Å². The van der Waals surface area contributed by atoms with Crippen LogP contribution in [0.25, 0.3) is 0 Å². The third-order valence-corrected chi connectivity index (χ3v) is 0.450. The molecule has 0 atom stereocenters. The Balaban J connectivity index is 3.58. The molecule has 0 saturated carbocycles. The fraction of sp³-hybridized carbons (Fsp3) is 0.250. The first kappa shape index (κ1) is 6.14.